The van der Waals surface area contributed by atoms with Crippen LogP contribution in [-0.4, -0.2) is 19.2 Å². The lowest BCUT2D eigenvalue weighted by atomic mass is 10.1. The zero-order valence-corrected chi connectivity index (χ0v) is 15.2. The van der Waals surface area contributed by atoms with Gasteiger partial charge in [0.1, 0.15) is 11.9 Å². The molecule has 0 saturated carbocycles. The van der Waals surface area contributed by atoms with Crippen molar-refractivity contribution < 1.29 is 18.7 Å². The second-order valence-electron chi connectivity index (χ2n) is 6.11. The van der Waals surface area contributed by atoms with E-state index in [9.17, 15) is 4.79 Å². The topological polar surface area (TPSA) is 48.7 Å². The summed E-state index contributed by atoms with van der Waals surface area (Å²) < 4.78 is 17.0. The standard InChI is InChI=1S/C22H24O4/c1-3-16-9-11-17(12-10-16)22(23)25-14-13-20(24-4-2)21-19-8-6-5-7-18(19)15-26-21/h5-12,15,20H,3-4,13-14H2,1-2H3. The predicted octanol–water partition coefficient (Wildman–Crippen LogP) is 5.32. The number of benzene rings is 2. The van der Waals surface area contributed by atoms with Crippen molar-refractivity contribution in [1.82, 2.24) is 0 Å². The van der Waals surface area contributed by atoms with E-state index in [1.165, 1.54) is 5.56 Å². The summed E-state index contributed by atoms with van der Waals surface area (Å²) in [6, 6.07) is 15.5. The summed E-state index contributed by atoms with van der Waals surface area (Å²) in [5.41, 5.74) is 1.77. The minimum absolute atomic E-state index is 0.241. The Morgan fingerprint density at radius 1 is 1.08 bits per heavy atom. The SMILES string of the molecule is CCOC(CCOC(=O)c1ccc(CC)cc1)c1occ2ccccc12. The van der Waals surface area contributed by atoms with Crippen LogP contribution in [0, 0.1) is 0 Å². The number of carbonyl (C=O) groups is 1. The van der Waals surface area contributed by atoms with Gasteiger partial charge in [-0.05, 0) is 31.0 Å². The Kier molecular flexibility index (Phi) is 6.08. The van der Waals surface area contributed by atoms with Crippen LogP contribution in [-0.2, 0) is 15.9 Å². The molecule has 4 nitrogen and oxygen atoms in total. The van der Waals surface area contributed by atoms with Crippen molar-refractivity contribution in [1.29, 1.82) is 0 Å². The van der Waals surface area contributed by atoms with Gasteiger partial charge in [0.15, 0.2) is 0 Å². The molecule has 0 aliphatic rings. The molecule has 0 radical (unpaired) electrons. The molecular weight excluding hydrogens is 328 g/mol. The predicted molar refractivity (Wildman–Crippen MR) is 101 cm³/mol. The van der Waals surface area contributed by atoms with E-state index in [1.807, 2.05) is 43.3 Å². The molecule has 0 saturated heterocycles. The van der Waals surface area contributed by atoms with Gasteiger partial charge in [0, 0.05) is 23.8 Å². The van der Waals surface area contributed by atoms with Crippen LogP contribution in [0.15, 0.2) is 59.2 Å². The number of fused-ring (bicyclic) bond motifs is 1. The fourth-order valence-electron chi connectivity index (χ4n) is 2.97. The third-order valence-corrected chi connectivity index (χ3v) is 4.41. The lowest BCUT2D eigenvalue weighted by Gasteiger charge is -2.15. The Balaban J connectivity index is 1.62. The molecule has 1 aromatic heterocycles. The normalized spacial score (nSPS) is 12.2. The number of ether oxygens (including phenoxy) is 2. The van der Waals surface area contributed by atoms with Gasteiger partial charge >= 0.3 is 5.97 Å². The van der Waals surface area contributed by atoms with E-state index < -0.39 is 0 Å². The van der Waals surface area contributed by atoms with Crippen LogP contribution in [0.25, 0.3) is 10.8 Å². The fourth-order valence-corrected chi connectivity index (χ4v) is 2.97. The van der Waals surface area contributed by atoms with Gasteiger partial charge < -0.3 is 13.9 Å². The molecule has 1 heterocycles. The second-order valence-corrected chi connectivity index (χ2v) is 6.11. The Morgan fingerprint density at radius 2 is 1.85 bits per heavy atom. The smallest absolute Gasteiger partial charge is 0.338 e. The first-order valence-corrected chi connectivity index (χ1v) is 9.06. The van der Waals surface area contributed by atoms with Gasteiger partial charge in [-0.2, -0.15) is 0 Å². The summed E-state index contributed by atoms with van der Waals surface area (Å²) in [7, 11) is 0. The quantitative estimate of drug-likeness (QED) is 0.515. The van der Waals surface area contributed by atoms with E-state index in [1.54, 1.807) is 18.4 Å². The molecule has 3 aromatic rings. The lowest BCUT2D eigenvalue weighted by molar-refractivity contribution is 0.0157. The molecule has 3 rings (SSSR count). The van der Waals surface area contributed by atoms with Gasteiger partial charge in [0.2, 0.25) is 0 Å². The summed E-state index contributed by atoms with van der Waals surface area (Å²) in [5.74, 6) is 0.470. The molecule has 1 unspecified atom stereocenters. The maximum absolute atomic E-state index is 12.2. The molecule has 4 heteroatoms. The van der Waals surface area contributed by atoms with Crippen molar-refractivity contribution in [2.24, 2.45) is 0 Å². The van der Waals surface area contributed by atoms with Gasteiger partial charge in [-0.15, -0.1) is 0 Å². The minimum Gasteiger partial charge on any atom is -0.465 e. The average Bonchev–Trinajstić information content (AvgIpc) is 3.11. The molecule has 1 atom stereocenters. The summed E-state index contributed by atoms with van der Waals surface area (Å²) in [6.07, 6.45) is 2.99. The van der Waals surface area contributed by atoms with Crippen LogP contribution in [0.1, 0.15) is 48.1 Å². The van der Waals surface area contributed by atoms with Crippen molar-refractivity contribution in [3.63, 3.8) is 0 Å². The largest absolute Gasteiger partial charge is 0.465 e. The highest BCUT2D eigenvalue weighted by atomic mass is 16.5. The van der Waals surface area contributed by atoms with Gasteiger partial charge in [0.05, 0.1) is 18.4 Å². The molecule has 0 N–H and O–H groups in total. The van der Waals surface area contributed by atoms with Gasteiger partial charge in [-0.25, -0.2) is 4.79 Å². The number of furan rings is 1. The number of hydrogen-bond donors (Lipinski definition) is 0. The van der Waals surface area contributed by atoms with Gasteiger partial charge in [-0.3, -0.25) is 0 Å². The third kappa shape index (κ3) is 4.14. The summed E-state index contributed by atoms with van der Waals surface area (Å²) in [5, 5.41) is 2.08. The van der Waals surface area contributed by atoms with Gasteiger partial charge in [0.25, 0.3) is 0 Å². The molecule has 0 fully saturated rings. The first kappa shape index (κ1) is 18.2. The van der Waals surface area contributed by atoms with Crippen LogP contribution in [0.5, 0.6) is 0 Å². The molecule has 0 spiro atoms. The number of esters is 1. The van der Waals surface area contributed by atoms with Gasteiger partial charge in [-0.1, -0.05) is 43.3 Å². The lowest BCUT2D eigenvalue weighted by Crippen LogP contribution is -2.11. The number of rotatable bonds is 8. The molecule has 2 aromatic carbocycles. The highest BCUT2D eigenvalue weighted by molar-refractivity contribution is 5.89. The maximum Gasteiger partial charge on any atom is 0.338 e. The molecule has 26 heavy (non-hydrogen) atoms. The number of hydrogen-bond acceptors (Lipinski definition) is 4. The first-order valence-electron chi connectivity index (χ1n) is 9.06. The van der Waals surface area contributed by atoms with E-state index in [-0.39, 0.29) is 18.7 Å². The van der Waals surface area contributed by atoms with Crippen molar-refractivity contribution in [3.8, 4) is 0 Å². The van der Waals surface area contributed by atoms with Crippen LogP contribution in [0.3, 0.4) is 0 Å². The van der Waals surface area contributed by atoms with E-state index in [4.69, 9.17) is 13.9 Å². The van der Waals surface area contributed by atoms with Crippen LogP contribution >= 0.6 is 0 Å². The first-order chi connectivity index (χ1) is 12.7. The molecule has 0 bridgehead atoms. The summed E-state index contributed by atoms with van der Waals surface area (Å²) in [6.45, 7) is 4.86. The van der Waals surface area contributed by atoms with E-state index in [2.05, 4.69) is 6.92 Å². The number of carbonyl (C=O) groups excluding carboxylic acids is 1. The molecule has 0 amide bonds. The summed E-state index contributed by atoms with van der Waals surface area (Å²) in [4.78, 5) is 12.2. The van der Waals surface area contributed by atoms with Crippen LogP contribution in [0.4, 0.5) is 0 Å². The second kappa shape index (κ2) is 8.68. The summed E-state index contributed by atoms with van der Waals surface area (Å²) >= 11 is 0. The van der Waals surface area contributed by atoms with Crippen molar-refractivity contribution in [2.75, 3.05) is 13.2 Å². The number of aryl methyl sites for hydroxylation is 1. The highest BCUT2D eigenvalue weighted by Gasteiger charge is 2.19. The van der Waals surface area contributed by atoms with Crippen molar-refractivity contribution in [3.05, 3.63) is 71.7 Å². The fraction of sp³-hybridized carbons (Fsp3) is 0.318. The van der Waals surface area contributed by atoms with Crippen molar-refractivity contribution >= 4 is 16.7 Å². The Hall–Kier alpha value is -2.59. The third-order valence-electron chi connectivity index (χ3n) is 4.41. The Labute approximate surface area is 153 Å². The monoisotopic (exact) mass is 352 g/mol. The molecule has 0 aliphatic heterocycles. The van der Waals surface area contributed by atoms with Crippen molar-refractivity contribution in [2.45, 2.75) is 32.8 Å². The molecule has 136 valence electrons. The minimum atomic E-state index is -0.313. The zero-order chi connectivity index (χ0) is 18.4. The average molecular weight is 352 g/mol. The molecular formula is C22H24O4. The van der Waals surface area contributed by atoms with E-state index in [0.717, 1.165) is 23.0 Å². The maximum atomic E-state index is 12.2. The Bertz CT molecular complexity index is 848. The zero-order valence-electron chi connectivity index (χ0n) is 15.2. The van der Waals surface area contributed by atoms with E-state index in [0.29, 0.717) is 18.6 Å². The van der Waals surface area contributed by atoms with Crippen LogP contribution < -0.4 is 0 Å². The highest BCUT2D eigenvalue weighted by Crippen LogP contribution is 2.30. The van der Waals surface area contributed by atoms with E-state index >= 15 is 0 Å². The Morgan fingerprint density at radius 3 is 2.58 bits per heavy atom. The van der Waals surface area contributed by atoms with Crippen LogP contribution in [0.2, 0.25) is 0 Å². The molecule has 0 aliphatic carbocycles.